The Hall–Kier alpha value is -1.36. The number of nitrogens with zero attached hydrogens (tertiary/aromatic N) is 1. The third-order valence-electron chi connectivity index (χ3n) is 1.26. The molecule has 1 aromatic rings. The highest BCUT2D eigenvalue weighted by Gasteiger charge is 2.12. The fourth-order valence-electron chi connectivity index (χ4n) is 0.669. The number of rotatable bonds is 3. The smallest absolute Gasteiger partial charge is 0.320 e. The van der Waals surface area contributed by atoms with E-state index in [0.717, 1.165) is 0 Å². The number of hydrogen-bond donors (Lipinski definition) is 2. The maximum absolute atomic E-state index is 10.2. The Bertz CT molecular complexity index is 232. The fraction of sp³-hybridized carbons (Fsp3) is 0.333. The summed E-state index contributed by atoms with van der Waals surface area (Å²) in [6.07, 6.45) is 3.07. The number of hydrogen-bond acceptors (Lipinski definition) is 4. The van der Waals surface area contributed by atoms with Crippen molar-refractivity contribution in [3.05, 3.63) is 18.0 Å². The van der Waals surface area contributed by atoms with Crippen molar-refractivity contribution >= 4 is 5.97 Å². The Balaban J connectivity index is 2.50. The maximum Gasteiger partial charge on any atom is 0.320 e. The van der Waals surface area contributed by atoms with E-state index < -0.39 is 12.0 Å². The molecule has 0 aliphatic rings. The van der Waals surface area contributed by atoms with Crippen LogP contribution in [-0.4, -0.2) is 22.3 Å². The molecule has 0 fully saturated rings. The lowest BCUT2D eigenvalue weighted by molar-refractivity contribution is -0.138. The molecule has 1 aromatic heterocycles. The van der Waals surface area contributed by atoms with Crippen LogP contribution >= 0.6 is 0 Å². The number of carboxylic acids is 1. The average molecular weight is 156 g/mol. The molecular formula is C6H8N2O3. The van der Waals surface area contributed by atoms with E-state index in [4.69, 9.17) is 10.8 Å². The van der Waals surface area contributed by atoms with Crippen molar-refractivity contribution in [2.45, 2.75) is 12.5 Å². The first-order valence-electron chi connectivity index (χ1n) is 3.07. The molecule has 0 saturated carbocycles. The zero-order chi connectivity index (χ0) is 8.27. The van der Waals surface area contributed by atoms with E-state index in [1.165, 1.54) is 12.5 Å². The van der Waals surface area contributed by atoms with E-state index in [1.807, 2.05) is 0 Å². The number of carboxylic acid groups (broad SMARTS) is 1. The predicted octanol–water partition coefficient (Wildman–Crippen LogP) is -0.371. The van der Waals surface area contributed by atoms with Gasteiger partial charge in [-0.05, 0) is 0 Å². The molecule has 5 heteroatoms. The van der Waals surface area contributed by atoms with Crippen LogP contribution in [0.1, 0.15) is 5.56 Å². The molecule has 0 aliphatic heterocycles. The summed E-state index contributed by atoms with van der Waals surface area (Å²) in [6, 6.07) is -0.880. The van der Waals surface area contributed by atoms with Gasteiger partial charge in [0.05, 0.1) is 6.20 Å². The van der Waals surface area contributed by atoms with Gasteiger partial charge in [-0.2, -0.15) is 0 Å². The predicted molar refractivity (Wildman–Crippen MR) is 35.8 cm³/mol. The lowest BCUT2D eigenvalue weighted by atomic mass is 10.1. The van der Waals surface area contributed by atoms with Crippen LogP contribution in [0.25, 0.3) is 0 Å². The number of aliphatic carboxylic acids is 1. The van der Waals surface area contributed by atoms with E-state index >= 15 is 0 Å². The molecule has 0 saturated heterocycles. The molecule has 0 unspecified atom stereocenters. The molecule has 1 rings (SSSR count). The molecule has 0 bridgehead atoms. The van der Waals surface area contributed by atoms with Gasteiger partial charge in [0.25, 0.3) is 0 Å². The normalized spacial score (nSPS) is 12.8. The van der Waals surface area contributed by atoms with Crippen LogP contribution < -0.4 is 5.73 Å². The van der Waals surface area contributed by atoms with Gasteiger partial charge in [-0.25, -0.2) is 0 Å². The minimum absolute atomic E-state index is 0.249. The first kappa shape index (κ1) is 7.74. The van der Waals surface area contributed by atoms with Gasteiger partial charge in [0.2, 0.25) is 0 Å². The Morgan fingerprint density at radius 3 is 3.09 bits per heavy atom. The molecule has 3 N–H and O–H groups in total. The minimum atomic E-state index is -1.02. The van der Waals surface area contributed by atoms with Crippen LogP contribution in [-0.2, 0) is 11.2 Å². The van der Waals surface area contributed by atoms with Gasteiger partial charge >= 0.3 is 5.97 Å². The first-order chi connectivity index (χ1) is 5.20. The van der Waals surface area contributed by atoms with Gasteiger partial charge in [0.15, 0.2) is 0 Å². The zero-order valence-corrected chi connectivity index (χ0v) is 5.73. The lowest BCUT2D eigenvalue weighted by Gasteiger charge is -2.01. The Morgan fingerprint density at radius 2 is 2.64 bits per heavy atom. The van der Waals surface area contributed by atoms with E-state index in [1.54, 1.807) is 0 Å². The van der Waals surface area contributed by atoms with Gasteiger partial charge in [-0.1, -0.05) is 5.16 Å². The summed E-state index contributed by atoms with van der Waals surface area (Å²) in [5, 5.41) is 11.8. The van der Waals surface area contributed by atoms with Gasteiger partial charge in [-0.3, -0.25) is 4.79 Å². The topological polar surface area (TPSA) is 89.4 Å². The van der Waals surface area contributed by atoms with Crippen LogP contribution in [0, 0.1) is 0 Å². The second-order valence-corrected chi connectivity index (χ2v) is 2.18. The highest BCUT2D eigenvalue weighted by Crippen LogP contribution is 1.99. The third-order valence-corrected chi connectivity index (χ3v) is 1.26. The van der Waals surface area contributed by atoms with Crippen molar-refractivity contribution < 1.29 is 14.4 Å². The Kier molecular flexibility index (Phi) is 2.22. The van der Waals surface area contributed by atoms with Crippen molar-refractivity contribution in [3.63, 3.8) is 0 Å². The summed E-state index contributed by atoms with van der Waals surface area (Å²) >= 11 is 0. The summed E-state index contributed by atoms with van der Waals surface area (Å²) < 4.78 is 4.50. The molecule has 1 heterocycles. The molecule has 0 radical (unpaired) electrons. The molecule has 60 valence electrons. The summed E-state index contributed by atoms with van der Waals surface area (Å²) in [7, 11) is 0. The van der Waals surface area contributed by atoms with Crippen molar-refractivity contribution in [3.8, 4) is 0 Å². The molecule has 5 nitrogen and oxygen atoms in total. The first-order valence-corrected chi connectivity index (χ1v) is 3.07. The summed E-state index contributed by atoms with van der Waals surface area (Å²) in [5.74, 6) is -1.02. The van der Waals surface area contributed by atoms with Gasteiger partial charge in [0, 0.05) is 12.0 Å². The molecule has 0 amide bonds. The van der Waals surface area contributed by atoms with Crippen LogP contribution in [0.2, 0.25) is 0 Å². The highest BCUT2D eigenvalue weighted by atomic mass is 16.5. The largest absolute Gasteiger partial charge is 0.480 e. The molecule has 0 aliphatic carbocycles. The van der Waals surface area contributed by atoms with Crippen molar-refractivity contribution in [2.24, 2.45) is 5.73 Å². The van der Waals surface area contributed by atoms with E-state index in [9.17, 15) is 4.79 Å². The van der Waals surface area contributed by atoms with Gasteiger partial charge in [-0.15, -0.1) is 0 Å². The minimum Gasteiger partial charge on any atom is -0.480 e. The fourth-order valence-corrected chi connectivity index (χ4v) is 0.669. The quantitative estimate of drug-likeness (QED) is 0.623. The average Bonchev–Trinajstić information content (AvgIpc) is 2.39. The number of nitrogens with two attached hydrogens (primary N) is 1. The standard InChI is InChI=1S/C6H8N2O3/c7-5(6(9)10)1-4-2-8-11-3-4/h2-3,5H,1,7H2,(H,9,10)/t5-/m0/s1. The summed E-state index contributed by atoms with van der Waals surface area (Å²) in [4.78, 5) is 10.2. The lowest BCUT2D eigenvalue weighted by Crippen LogP contribution is -2.32. The monoisotopic (exact) mass is 156 g/mol. The summed E-state index contributed by atoms with van der Waals surface area (Å²) in [5.41, 5.74) is 5.93. The number of aromatic nitrogens is 1. The van der Waals surface area contributed by atoms with Crippen molar-refractivity contribution in [1.29, 1.82) is 0 Å². The maximum atomic E-state index is 10.2. The van der Waals surface area contributed by atoms with Crippen LogP contribution in [0.5, 0.6) is 0 Å². The van der Waals surface area contributed by atoms with E-state index in [-0.39, 0.29) is 6.42 Å². The third kappa shape index (κ3) is 2.05. The summed E-state index contributed by atoms with van der Waals surface area (Å²) in [6.45, 7) is 0. The van der Waals surface area contributed by atoms with Gasteiger partial charge < -0.3 is 15.4 Å². The second-order valence-electron chi connectivity index (χ2n) is 2.18. The van der Waals surface area contributed by atoms with Crippen LogP contribution in [0.3, 0.4) is 0 Å². The van der Waals surface area contributed by atoms with Crippen LogP contribution in [0.4, 0.5) is 0 Å². The molecule has 0 aromatic carbocycles. The molecular weight excluding hydrogens is 148 g/mol. The van der Waals surface area contributed by atoms with Crippen molar-refractivity contribution in [1.82, 2.24) is 5.16 Å². The highest BCUT2D eigenvalue weighted by molar-refractivity contribution is 5.73. The SMILES string of the molecule is N[C@@H](Cc1cnoc1)C(=O)O. The van der Waals surface area contributed by atoms with E-state index in [0.29, 0.717) is 5.56 Å². The zero-order valence-electron chi connectivity index (χ0n) is 5.73. The Morgan fingerprint density at radius 1 is 1.91 bits per heavy atom. The molecule has 1 atom stereocenters. The molecule has 11 heavy (non-hydrogen) atoms. The van der Waals surface area contributed by atoms with Crippen molar-refractivity contribution in [2.75, 3.05) is 0 Å². The number of carbonyl (C=O) groups is 1. The van der Waals surface area contributed by atoms with Crippen LogP contribution in [0.15, 0.2) is 17.0 Å². The Labute approximate surface area is 62.8 Å². The molecule has 0 spiro atoms. The van der Waals surface area contributed by atoms with E-state index in [2.05, 4.69) is 9.68 Å². The van der Waals surface area contributed by atoms with Gasteiger partial charge in [0.1, 0.15) is 12.3 Å². The second kappa shape index (κ2) is 3.16.